The first kappa shape index (κ1) is 24.3. The zero-order chi connectivity index (χ0) is 22.9. The molecule has 0 unspecified atom stereocenters. The zero-order valence-electron chi connectivity index (χ0n) is 17.2. The van der Waals surface area contributed by atoms with E-state index < -0.39 is 0 Å². The molecule has 3 rings (SSSR count). The third-order valence-electron chi connectivity index (χ3n) is 4.62. The highest BCUT2D eigenvalue weighted by molar-refractivity contribution is 7.80. The second-order valence-corrected chi connectivity index (χ2v) is 8.27. The highest BCUT2D eigenvalue weighted by atomic mass is 35.5. The van der Waals surface area contributed by atoms with Gasteiger partial charge in [-0.3, -0.25) is 9.59 Å². The molecule has 0 radical (unpaired) electrons. The molecule has 1 fully saturated rings. The number of carbonyl (C=O) groups excluding carboxylic acids is 2. The van der Waals surface area contributed by atoms with Crippen molar-refractivity contribution < 1.29 is 19.1 Å². The number of carbonyl (C=O) groups is 2. The van der Waals surface area contributed by atoms with Crippen LogP contribution in [0.5, 0.6) is 5.75 Å². The Balaban J connectivity index is 1.41. The molecule has 32 heavy (non-hydrogen) atoms. The van der Waals surface area contributed by atoms with Crippen molar-refractivity contribution in [2.75, 3.05) is 38.2 Å². The van der Waals surface area contributed by atoms with Gasteiger partial charge >= 0.3 is 0 Å². The second-order valence-electron chi connectivity index (χ2n) is 7.01. The van der Waals surface area contributed by atoms with Gasteiger partial charge in [-0.15, -0.1) is 0 Å². The lowest BCUT2D eigenvalue weighted by Crippen LogP contribution is -2.40. The van der Waals surface area contributed by atoms with E-state index in [4.69, 9.17) is 44.9 Å². The molecule has 0 atom stereocenters. The first-order valence-electron chi connectivity index (χ1n) is 10.1. The molecule has 0 aliphatic carbocycles. The predicted octanol–water partition coefficient (Wildman–Crippen LogP) is 4.14. The Morgan fingerprint density at radius 1 is 1.12 bits per heavy atom. The van der Waals surface area contributed by atoms with Crippen molar-refractivity contribution in [2.24, 2.45) is 0 Å². The summed E-state index contributed by atoms with van der Waals surface area (Å²) in [5, 5.41) is 6.68. The van der Waals surface area contributed by atoms with Crippen LogP contribution in [0.25, 0.3) is 0 Å². The summed E-state index contributed by atoms with van der Waals surface area (Å²) >= 11 is 17.1. The smallest absolute Gasteiger partial charge is 0.254 e. The summed E-state index contributed by atoms with van der Waals surface area (Å²) in [6, 6.07) is 12.0. The molecular formula is C22H23Cl2N3O4S. The number of morpholine rings is 1. The Bertz CT molecular complexity index is 983. The van der Waals surface area contributed by atoms with Gasteiger partial charge in [0.05, 0.1) is 24.8 Å². The average Bonchev–Trinajstić information content (AvgIpc) is 2.78. The van der Waals surface area contributed by atoms with Gasteiger partial charge in [0.1, 0.15) is 5.75 Å². The maximum Gasteiger partial charge on any atom is 0.254 e. The minimum Gasteiger partial charge on any atom is -0.492 e. The standard InChI is InChI=1S/C22H23Cl2N3O4S/c23-16-6-7-19(18(24)14-16)31-10-2-5-20(28)26-22(32)25-17-4-1-3-15(13-17)21(29)27-8-11-30-12-9-27/h1,3-4,6-7,13-14H,2,5,8-12H2,(H2,25,26,28,32). The Kier molecular flexibility index (Phi) is 9.11. The molecular weight excluding hydrogens is 473 g/mol. The van der Waals surface area contributed by atoms with Crippen molar-refractivity contribution in [3.63, 3.8) is 0 Å². The van der Waals surface area contributed by atoms with Crippen molar-refractivity contribution in [2.45, 2.75) is 12.8 Å². The molecule has 0 saturated carbocycles. The molecule has 7 nitrogen and oxygen atoms in total. The zero-order valence-corrected chi connectivity index (χ0v) is 19.6. The molecule has 0 bridgehead atoms. The Morgan fingerprint density at radius 3 is 2.66 bits per heavy atom. The van der Waals surface area contributed by atoms with Gasteiger partial charge in [0.15, 0.2) is 5.11 Å². The number of hydrogen-bond acceptors (Lipinski definition) is 5. The summed E-state index contributed by atoms with van der Waals surface area (Å²) < 4.78 is 10.8. The molecule has 10 heteroatoms. The largest absolute Gasteiger partial charge is 0.492 e. The summed E-state index contributed by atoms with van der Waals surface area (Å²) in [6.45, 7) is 2.54. The van der Waals surface area contributed by atoms with Crippen LogP contribution in [-0.2, 0) is 9.53 Å². The quantitative estimate of drug-likeness (QED) is 0.443. The first-order valence-corrected chi connectivity index (χ1v) is 11.2. The maximum absolute atomic E-state index is 12.6. The van der Waals surface area contributed by atoms with Crippen molar-refractivity contribution in [1.29, 1.82) is 0 Å². The topological polar surface area (TPSA) is 79.9 Å². The number of hydrogen-bond donors (Lipinski definition) is 2. The molecule has 170 valence electrons. The average molecular weight is 496 g/mol. The van der Waals surface area contributed by atoms with Gasteiger partial charge in [-0.2, -0.15) is 0 Å². The van der Waals surface area contributed by atoms with Crippen LogP contribution in [0.2, 0.25) is 10.0 Å². The number of thiocarbonyl (C=S) groups is 1. The van der Waals surface area contributed by atoms with Gasteiger partial charge in [-0.1, -0.05) is 29.3 Å². The van der Waals surface area contributed by atoms with Crippen LogP contribution in [-0.4, -0.2) is 54.7 Å². The molecule has 1 aliphatic rings. The van der Waals surface area contributed by atoms with E-state index in [-0.39, 0.29) is 23.3 Å². The van der Waals surface area contributed by atoms with Crippen molar-refractivity contribution >= 4 is 58.0 Å². The van der Waals surface area contributed by atoms with Crippen LogP contribution < -0.4 is 15.4 Å². The van der Waals surface area contributed by atoms with E-state index in [0.717, 1.165) is 0 Å². The molecule has 2 N–H and O–H groups in total. The van der Waals surface area contributed by atoms with Crippen LogP contribution in [0.15, 0.2) is 42.5 Å². The van der Waals surface area contributed by atoms with Crippen LogP contribution in [0.3, 0.4) is 0 Å². The Hall–Kier alpha value is -2.39. The predicted molar refractivity (Wildman–Crippen MR) is 129 cm³/mol. The number of amides is 2. The van der Waals surface area contributed by atoms with E-state index in [1.54, 1.807) is 47.4 Å². The number of anilines is 1. The van der Waals surface area contributed by atoms with E-state index in [0.29, 0.717) is 66.4 Å². The van der Waals surface area contributed by atoms with Gasteiger partial charge < -0.3 is 25.0 Å². The van der Waals surface area contributed by atoms with Gasteiger partial charge in [0.2, 0.25) is 5.91 Å². The number of ether oxygens (including phenoxy) is 2. The molecule has 1 saturated heterocycles. The number of halogens is 2. The van der Waals surface area contributed by atoms with Gasteiger partial charge in [-0.25, -0.2) is 0 Å². The van der Waals surface area contributed by atoms with Crippen LogP contribution >= 0.6 is 35.4 Å². The van der Waals surface area contributed by atoms with E-state index in [1.807, 2.05) is 0 Å². The van der Waals surface area contributed by atoms with Gasteiger partial charge in [-0.05, 0) is 55.0 Å². The third kappa shape index (κ3) is 7.34. The fourth-order valence-electron chi connectivity index (χ4n) is 3.04. The summed E-state index contributed by atoms with van der Waals surface area (Å²) in [7, 11) is 0. The number of rotatable bonds is 7. The normalized spacial score (nSPS) is 13.4. The fourth-order valence-corrected chi connectivity index (χ4v) is 3.73. The van der Waals surface area contributed by atoms with E-state index in [2.05, 4.69) is 10.6 Å². The lowest BCUT2D eigenvalue weighted by Gasteiger charge is -2.27. The van der Waals surface area contributed by atoms with Crippen molar-refractivity contribution in [3.05, 3.63) is 58.1 Å². The van der Waals surface area contributed by atoms with Crippen LogP contribution in [0.1, 0.15) is 23.2 Å². The monoisotopic (exact) mass is 495 g/mol. The molecule has 2 aromatic rings. The Labute approximate surface area is 202 Å². The van der Waals surface area contributed by atoms with E-state index in [1.165, 1.54) is 0 Å². The van der Waals surface area contributed by atoms with Crippen molar-refractivity contribution in [3.8, 4) is 5.75 Å². The Morgan fingerprint density at radius 2 is 1.91 bits per heavy atom. The summed E-state index contributed by atoms with van der Waals surface area (Å²) in [5.74, 6) is 0.210. The van der Waals surface area contributed by atoms with Gasteiger partial charge in [0, 0.05) is 35.8 Å². The van der Waals surface area contributed by atoms with E-state index >= 15 is 0 Å². The highest BCUT2D eigenvalue weighted by Gasteiger charge is 2.18. The third-order valence-corrected chi connectivity index (χ3v) is 5.35. The van der Waals surface area contributed by atoms with E-state index in [9.17, 15) is 9.59 Å². The minimum absolute atomic E-state index is 0.0623. The van der Waals surface area contributed by atoms with Crippen LogP contribution in [0.4, 0.5) is 5.69 Å². The number of benzene rings is 2. The molecule has 1 aliphatic heterocycles. The summed E-state index contributed by atoms with van der Waals surface area (Å²) in [5.41, 5.74) is 1.17. The second kappa shape index (κ2) is 12.0. The lowest BCUT2D eigenvalue weighted by atomic mass is 10.1. The maximum atomic E-state index is 12.6. The highest BCUT2D eigenvalue weighted by Crippen LogP contribution is 2.27. The molecule has 1 heterocycles. The van der Waals surface area contributed by atoms with Gasteiger partial charge in [0.25, 0.3) is 5.91 Å². The minimum atomic E-state index is -0.242. The lowest BCUT2D eigenvalue weighted by molar-refractivity contribution is -0.119. The molecule has 0 spiro atoms. The molecule has 2 aromatic carbocycles. The van der Waals surface area contributed by atoms with Crippen LogP contribution in [0, 0.1) is 0 Å². The molecule has 0 aromatic heterocycles. The summed E-state index contributed by atoms with van der Waals surface area (Å²) in [4.78, 5) is 26.5. The molecule has 2 amide bonds. The fraction of sp³-hybridized carbons (Fsp3) is 0.318. The number of nitrogens with one attached hydrogen (secondary N) is 2. The summed E-state index contributed by atoms with van der Waals surface area (Å²) in [6.07, 6.45) is 0.708. The first-order chi connectivity index (χ1) is 15.4. The number of nitrogens with zero attached hydrogens (tertiary/aromatic N) is 1. The van der Waals surface area contributed by atoms with Crippen molar-refractivity contribution in [1.82, 2.24) is 10.2 Å². The SMILES string of the molecule is O=C(CCCOc1ccc(Cl)cc1Cl)NC(=S)Nc1cccc(C(=O)N2CCOCC2)c1.